The van der Waals surface area contributed by atoms with Crippen molar-refractivity contribution in [3.8, 4) is 0 Å². The van der Waals surface area contributed by atoms with Crippen LogP contribution in [-0.4, -0.2) is 47.7 Å². The van der Waals surface area contributed by atoms with Crippen LogP contribution in [0.25, 0.3) is 0 Å². The van der Waals surface area contributed by atoms with Crippen LogP contribution in [0, 0.1) is 0 Å². The van der Waals surface area contributed by atoms with Crippen molar-refractivity contribution < 1.29 is 19.2 Å². The Balaban J connectivity index is 1.32. The van der Waals surface area contributed by atoms with E-state index in [1.54, 1.807) is 29.2 Å². The number of carbonyl (C=O) groups excluding carboxylic acids is 4. The second-order valence-electron chi connectivity index (χ2n) is 6.87. The molecule has 28 heavy (non-hydrogen) atoms. The van der Waals surface area contributed by atoms with Gasteiger partial charge in [-0.15, -0.1) is 0 Å². The van der Waals surface area contributed by atoms with E-state index in [-0.39, 0.29) is 49.1 Å². The molecule has 2 aromatic rings. The Morgan fingerprint density at radius 3 is 2.18 bits per heavy atom. The van der Waals surface area contributed by atoms with E-state index in [9.17, 15) is 19.2 Å². The van der Waals surface area contributed by atoms with Gasteiger partial charge in [0, 0.05) is 31.6 Å². The van der Waals surface area contributed by atoms with Crippen LogP contribution in [0.3, 0.4) is 0 Å². The lowest BCUT2D eigenvalue weighted by molar-refractivity contribution is -0.121. The molecular weight excluding hydrogens is 358 g/mol. The Kier molecular flexibility index (Phi) is 4.65. The van der Waals surface area contributed by atoms with Crippen LogP contribution in [0.2, 0.25) is 0 Å². The third kappa shape index (κ3) is 3.26. The first kappa shape index (κ1) is 17.9. The third-order valence-electron chi connectivity index (χ3n) is 5.00. The van der Waals surface area contributed by atoms with Gasteiger partial charge in [-0.25, -0.2) is 0 Å². The summed E-state index contributed by atoms with van der Waals surface area (Å²) in [6.07, 6.45) is 0.231. The van der Waals surface area contributed by atoms with Crippen LogP contribution in [0.1, 0.15) is 33.6 Å². The van der Waals surface area contributed by atoms with Crippen LogP contribution in [-0.2, 0) is 9.59 Å². The van der Waals surface area contributed by atoms with Crippen molar-refractivity contribution in [2.45, 2.75) is 18.9 Å². The zero-order valence-corrected chi connectivity index (χ0v) is 15.1. The van der Waals surface area contributed by atoms with Gasteiger partial charge in [-0.05, 0) is 24.3 Å². The number of carbonyl (C=O) groups is 4. The minimum atomic E-state index is -0.375. The highest BCUT2D eigenvalue weighted by molar-refractivity contribution is 6.21. The van der Waals surface area contributed by atoms with Gasteiger partial charge in [0.05, 0.1) is 17.2 Å². The molecule has 4 rings (SSSR count). The molecule has 2 heterocycles. The van der Waals surface area contributed by atoms with Crippen molar-refractivity contribution in [1.82, 2.24) is 10.2 Å². The van der Waals surface area contributed by atoms with Gasteiger partial charge in [0.2, 0.25) is 11.8 Å². The van der Waals surface area contributed by atoms with Gasteiger partial charge in [-0.2, -0.15) is 0 Å². The van der Waals surface area contributed by atoms with Gasteiger partial charge in [-0.1, -0.05) is 30.3 Å². The Morgan fingerprint density at radius 2 is 1.54 bits per heavy atom. The zero-order chi connectivity index (χ0) is 19.7. The minimum absolute atomic E-state index is 0.00148. The summed E-state index contributed by atoms with van der Waals surface area (Å²) in [4.78, 5) is 51.9. The molecule has 4 amide bonds. The fourth-order valence-electron chi connectivity index (χ4n) is 3.62. The number of para-hydroxylation sites is 1. The first-order valence-electron chi connectivity index (χ1n) is 9.14. The molecule has 0 bridgehead atoms. The Morgan fingerprint density at radius 1 is 0.929 bits per heavy atom. The fraction of sp³-hybridized carbons (Fsp3) is 0.238. The molecule has 0 saturated carbocycles. The number of hydrogen-bond acceptors (Lipinski definition) is 4. The van der Waals surface area contributed by atoms with Gasteiger partial charge >= 0.3 is 0 Å². The average Bonchev–Trinajstić information content (AvgIpc) is 3.19. The summed E-state index contributed by atoms with van der Waals surface area (Å²) in [7, 11) is 0. The number of nitrogens with zero attached hydrogens (tertiary/aromatic N) is 2. The van der Waals surface area contributed by atoms with Gasteiger partial charge in [0.15, 0.2) is 0 Å². The minimum Gasteiger partial charge on any atom is -0.351 e. The van der Waals surface area contributed by atoms with E-state index in [2.05, 4.69) is 5.32 Å². The molecule has 7 nitrogen and oxygen atoms in total. The number of anilines is 1. The topological polar surface area (TPSA) is 86.8 Å². The first-order chi connectivity index (χ1) is 13.5. The molecule has 2 aliphatic heterocycles. The number of rotatable bonds is 5. The predicted octanol–water partition coefficient (Wildman–Crippen LogP) is 1.59. The summed E-state index contributed by atoms with van der Waals surface area (Å²) in [5, 5.41) is 2.83. The maximum Gasteiger partial charge on any atom is 0.261 e. The smallest absolute Gasteiger partial charge is 0.261 e. The molecule has 0 unspecified atom stereocenters. The summed E-state index contributed by atoms with van der Waals surface area (Å²) in [5.74, 6) is -1.08. The highest BCUT2D eigenvalue weighted by Gasteiger charge is 2.36. The molecule has 1 saturated heterocycles. The standard InChI is InChI=1S/C21H19N3O4/c25-18(10-11-23-20(27)16-8-4-5-9-17(16)21(23)28)22-14-12-19(26)24(13-14)15-6-2-1-3-7-15/h1-9,14H,10-13H2,(H,22,25)/t14-/m1/s1. The first-order valence-corrected chi connectivity index (χ1v) is 9.14. The van der Waals surface area contributed by atoms with E-state index in [0.29, 0.717) is 17.7 Å². The normalized spacial score (nSPS) is 18.6. The Hall–Kier alpha value is -3.48. The van der Waals surface area contributed by atoms with E-state index in [1.807, 2.05) is 30.3 Å². The quantitative estimate of drug-likeness (QED) is 0.802. The molecule has 7 heteroatoms. The van der Waals surface area contributed by atoms with Crippen LogP contribution in [0.15, 0.2) is 54.6 Å². The molecule has 1 atom stereocenters. The fourth-order valence-corrected chi connectivity index (χ4v) is 3.62. The van der Waals surface area contributed by atoms with Crippen LogP contribution in [0.5, 0.6) is 0 Å². The summed E-state index contributed by atoms with van der Waals surface area (Å²) >= 11 is 0. The van der Waals surface area contributed by atoms with Gasteiger partial charge in [-0.3, -0.25) is 24.1 Å². The van der Waals surface area contributed by atoms with Crippen molar-refractivity contribution in [3.63, 3.8) is 0 Å². The third-order valence-corrected chi connectivity index (χ3v) is 5.00. The number of amides is 4. The SMILES string of the molecule is O=C(CCN1C(=O)c2ccccc2C1=O)N[C@@H]1CC(=O)N(c2ccccc2)C1. The molecule has 0 spiro atoms. The Bertz CT molecular complexity index is 922. The zero-order valence-electron chi connectivity index (χ0n) is 15.1. The van der Waals surface area contributed by atoms with E-state index in [1.165, 1.54) is 0 Å². The van der Waals surface area contributed by atoms with Crippen molar-refractivity contribution in [1.29, 1.82) is 0 Å². The van der Waals surface area contributed by atoms with Gasteiger partial charge in [0.25, 0.3) is 11.8 Å². The number of nitrogens with one attached hydrogen (secondary N) is 1. The van der Waals surface area contributed by atoms with E-state index < -0.39 is 0 Å². The molecule has 142 valence electrons. The molecule has 2 aliphatic rings. The summed E-state index contributed by atoms with van der Waals surface area (Å²) in [6.45, 7) is 0.419. The lowest BCUT2D eigenvalue weighted by Gasteiger charge is -2.18. The largest absolute Gasteiger partial charge is 0.351 e. The van der Waals surface area contributed by atoms with E-state index in [4.69, 9.17) is 0 Å². The second kappa shape index (κ2) is 7.26. The second-order valence-corrected chi connectivity index (χ2v) is 6.87. The van der Waals surface area contributed by atoms with E-state index >= 15 is 0 Å². The number of fused-ring (bicyclic) bond motifs is 1. The van der Waals surface area contributed by atoms with Crippen molar-refractivity contribution in [3.05, 3.63) is 65.7 Å². The number of imide groups is 1. The van der Waals surface area contributed by atoms with Gasteiger partial charge < -0.3 is 10.2 Å². The summed E-state index contributed by atoms with van der Waals surface area (Å²) in [5.41, 5.74) is 1.54. The van der Waals surface area contributed by atoms with Crippen molar-refractivity contribution in [2.75, 3.05) is 18.0 Å². The average molecular weight is 377 g/mol. The number of hydrogen-bond donors (Lipinski definition) is 1. The molecule has 2 aromatic carbocycles. The van der Waals surface area contributed by atoms with Gasteiger partial charge in [0.1, 0.15) is 0 Å². The lowest BCUT2D eigenvalue weighted by Crippen LogP contribution is -2.39. The summed E-state index contributed by atoms with van der Waals surface area (Å²) in [6, 6.07) is 15.6. The highest BCUT2D eigenvalue weighted by Crippen LogP contribution is 2.23. The monoisotopic (exact) mass is 377 g/mol. The van der Waals surface area contributed by atoms with Crippen molar-refractivity contribution >= 4 is 29.3 Å². The molecular formula is C21H19N3O4. The van der Waals surface area contributed by atoms with Crippen LogP contribution in [0.4, 0.5) is 5.69 Å². The van der Waals surface area contributed by atoms with Crippen molar-refractivity contribution in [2.24, 2.45) is 0 Å². The maximum atomic E-state index is 12.3. The number of benzene rings is 2. The van der Waals surface area contributed by atoms with E-state index in [0.717, 1.165) is 10.6 Å². The Labute approximate surface area is 161 Å². The lowest BCUT2D eigenvalue weighted by atomic mass is 10.1. The van der Waals surface area contributed by atoms with Crippen LogP contribution >= 0.6 is 0 Å². The predicted molar refractivity (Wildman–Crippen MR) is 102 cm³/mol. The molecule has 1 fully saturated rings. The maximum absolute atomic E-state index is 12.3. The summed E-state index contributed by atoms with van der Waals surface area (Å²) < 4.78 is 0. The van der Waals surface area contributed by atoms with Crippen LogP contribution < -0.4 is 10.2 Å². The molecule has 0 aliphatic carbocycles. The molecule has 0 radical (unpaired) electrons. The highest BCUT2D eigenvalue weighted by atomic mass is 16.2. The molecule has 1 N–H and O–H groups in total. The molecule has 0 aromatic heterocycles.